The van der Waals surface area contributed by atoms with Crippen LogP contribution < -0.4 is 10.6 Å². The summed E-state index contributed by atoms with van der Waals surface area (Å²) in [6.07, 6.45) is -4.44. The van der Waals surface area contributed by atoms with E-state index in [0.29, 0.717) is 24.2 Å². The number of hydrogen-bond donors (Lipinski definition) is 2. The van der Waals surface area contributed by atoms with Gasteiger partial charge in [-0.1, -0.05) is 38.1 Å². The topological polar surface area (TPSA) is 78.5 Å². The van der Waals surface area contributed by atoms with Crippen molar-refractivity contribution in [3.8, 4) is 0 Å². The Kier molecular flexibility index (Phi) is 7.85. The minimum atomic E-state index is -4.44. The van der Waals surface area contributed by atoms with Gasteiger partial charge in [-0.3, -0.25) is 0 Å². The molecular formula is C20H24F3N3O3S. The zero-order valence-electron chi connectivity index (χ0n) is 16.7. The molecule has 0 aliphatic heterocycles. The highest BCUT2D eigenvalue weighted by molar-refractivity contribution is 7.89. The zero-order chi connectivity index (χ0) is 22.4. The van der Waals surface area contributed by atoms with Gasteiger partial charge < -0.3 is 10.6 Å². The Morgan fingerprint density at radius 2 is 1.50 bits per heavy atom. The Labute approximate surface area is 174 Å². The second kappa shape index (κ2) is 9.94. The first-order valence-electron chi connectivity index (χ1n) is 9.34. The van der Waals surface area contributed by atoms with Crippen LogP contribution in [0.5, 0.6) is 0 Å². The van der Waals surface area contributed by atoms with Gasteiger partial charge in [-0.15, -0.1) is 0 Å². The predicted octanol–water partition coefficient (Wildman–Crippen LogP) is 3.74. The maximum absolute atomic E-state index is 12.7. The molecule has 0 saturated heterocycles. The summed E-state index contributed by atoms with van der Waals surface area (Å²) in [6, 6.07) is 10.3. The molecule has 0 fully saturated rings. The minimum absolute atomic E-state index is 0.0587. The summed E-state index contributed by atoms with van der Waals surface area (Å²) < 4.78 is 64.4. The van der Waals surface area contributed by atoms with E-state index in [-0.39, 0.29) is 18.0 Å². The number of nitrogens with zero attached hydrogens (tertiary/aromatic N) is 1. The lowest BCUT2D eigenvalue weighted by Crippen LogP contribution is -2.34. The van der Waals surface area contributed by atoms with Gasteiger partial charge >= 0.3 is 12.2 Å². The van der Waals surface area contributed by atoms with Crippen LogP contribution in [0.1, 0.15) is 30.5 Å². The van der Waals surface area contributed by atoms with Gasteiger partial charge in [0.25, 0.3) is 0 Å². The molecule has 2 aromatic rings. The van der Waals surface area contributed by atoms with Gasteiger partial charge in [0.1, 0.15) is 0 Å². The molecule has 0 radical (unpaired) electrons. The minimum Gasteiger partial charge on any atom is -0.334 e. The van der Waals surface area contributed by atoms with Gasteiger partial charge in [0.05, 0.1) is 10.5 Å². The molecule has 0 unspecified atom stereocenters. The summed E-state index contributed by atoms with van der Waals surface area (Å²) in [4.78, 5) is 12.1. The Morgan fingerprint density at radius 1 is 0.933 bits per heavy atom. The highest BCUT2D eigenvalue weighted by Crippen LogP contribution is 2.29. The molecule has 0 heterocycles. The van der Waals surface area contributed by atoms with Gasteiger partial charge in [-0.2, -0.15) is 17.5 Å². The Hall–Kier alpha value is -2.59. The number of benzene rings is 2. The fourth-order valence-corrected chi connectivity index (χ4v) is 4.23. The van der Waals surface area contributed by atoms with E-state index < -0.39 is 27.8 Å². The second-order valence-electron chi connectivity index (χ2n) is 6.47. The number of rotatable bonds is 8. The Morgan fingerprint density at radius 3 is 2.03 bits per heavy atom. The summed E-state index contributed by atoms with van der Waals surface area (Å²) in [5.74, 6) is 0. The molecule has 2 rings (SSSR count). The lowest BCUT2D eigenvalue weighted by molar-refractivity contribution is -0.137. The molecule has 0 aliphatic carbocycles. The summed E-state index contributed by atoms with van der Waals surface area (Å²) >= 11 is 0. The van der Waals surface area contributed by atoms with Crippen molar-refractivity contribution in [2.24, 2.45) is 0 Å². The first-order valence-corrected chi connectivity index (χ1v) is 10.8. The van der Waals surface area contributed by atoms with E-state index in [2.05, 4.69) is 10.6 Å². The quantitative estimate of drug-likeness (QED) is 0.653. The number of hydrogen-bond acceptors (Lipinski definition) is 3. The van der Waals surface area contributed by atoms with Crippen molar-refractivity contribution in [1.82, 2.24) is 14.9 Å². The molecule has 2 amide bonds. The van der Waals surface area contributed by atoms with E-state index in [1.54, 1.807) is 26.0 Å². The van der Waals surface area contributed by atoms with E-state index in [0.717, 1.165) is 12.1 Å². The summed E-state index contributed by atoms with van der Waals surface area (Å²) in [5.41, 5.74) is 0.232. The van der Waals surface area contributed by atoms with Gasteiger partial charge in [-0.05, 0) is 35.4 Å². The molecule has 0 bridgehead atoms. The molecule has 6 nitrogen and oxygen atoms in total. The van der Waals surface area contributed by atoms with Crippen LogP contribution in [-0.2, 0) is 29.3 Å². The van der Waals surface area contributed by atoms with Crippen molar-refractivity contribution in [3.63, 3.8) is 0 Å². The number of carbonyl (C=O) groups excluding carboxylic acids is 1. The average molecular weight is 443 g/mol. The molecule has 2 N–H and O–H groups in total. The predicted molar refractivity (Wildman–Crippen MR) is 107 cm³/mol. The first-order chi connectivity index (χ1) is 14.1. The molecule has 164 valence electrons. The van der Waals surface area contributed by atoms with Crippen LogP contribution in [0.4, 0.5) is 18.0 Å². The van der Waals surface area contributed by atoms with Crippen molar-refractivity contribution in [3.05, 3.63) is 65.2 Å². The molecule has 30 heavy (non-hydrogen) atoms. The van der Waals surface area contributed by atoms with Gasteiger partial charge in [0.2, 0.25) is 10.0 Å². The smallest absolute Gasteiger partial charge is 0.334 e. The number of nitrogens with one attached hydrogen (secondary N) is 2. The number of amides is 2. The van der Waals surface area contributed by atoms with Crippen LogP contribution in [0.3, 0.4) is 0 Å². The molecule has 0 saturated carbocycles. The number of urea groups is 1. The van der Waals surface area contributed by atoms with Crippen LogP contribution in [0.2, 0.25) is 0 Å². The third kappa shape index (κ3) is 6.20. The molecule has 0 aromatic heterocycles. The second-order valence-corrected chi connectivity index (χ2v) is 8.41. The molecule has 0 atom stereocenters. The summed E-state index contributed by atoms with van der Waals surface area (Å²) in [7, 11) is -3.55. The zero-order valence-corrected chi connectivity index (χ0v) is 17.5. The average Bonchev–Trinajstić information content (AvgIpc) is 2.71. The maximum atomic E-state index is 12.7. The monoisotopic (exact) mass is 443 g/mol. The van der Waals surface area contributed by atoms with E-state index >= 15 is 0 Å². The fraction of sp³-hybridized carbons (Fsp3) is 0.350. The SMILES string of the molecule is CCN(CC)S(=O)(=O)c1ccc(CNC(=O)NCc2cccc(C(F)(F)F)c2)cc1. The largest absolute Gasteiger partial charge is 0.416 e. The molecular weight excluding hydrogens is 419 g/mol. The summed E-state index contributed by atoms with van der Waals surface area (Å²) in [6.45, 7) is 4.34. The van der Waals surface area contributed by atoms with Gasteiger partial charge in [0, 0.05) is 26.2 Å². The standard InChI is InChI=1S/C20H24F3N3O3S/c1-3-26(4-2)30(28,29)18-10-8-15(9-11-18)13-24-19(27)25-14-16-6-5-7-17(12-16)20(21,22)23/h5-12H,3-4,13-14H2,1-2H3,(H2,24,25,27). The normalized spacial score (nSPS) is 12.1. The number of alkyl halides is 3. The van der Waals surface area contributed by atoms with Crippen molar-refractivity contribution in [1.29, 1.82) is 0 Å². The highest BCUT2D eigenvalue weighted by atomic mass is 32.2. The van der Waals surface area contributed by atoms with Crippen molar-refractivity contribution in [2.75, 3.05) is 13.1 Å². The third-order valence-corrected chi connectivity index (χ3v) is 6.49. The van der Waals surface area contributed by atoms with E-state index in [1.807, 2.05) is 0 Å². The molecule has 0 spiro atoms. The van der Waals surface area contributed by atoms with Gasteiger partial charge in [0.15, 0.2) is 0 Å². The Balaban J connectivity index is 1.90. The lowest BCUT2D eigenvalue weighted by Gasteiger charge is -2.18. The van der Waals surface area contributed by atoms with Crippen LogP contribution in [0, 0.1) is 0 Å². The number of halogens is 3. The van der Waals surface area contributed by atoms with Crippen molar-refractivity contribution < 1.29 is 26.4 Å². The van der Waals surface area contributed by atoms with Gasteiger partial charge in [-0.25, -0.2) is 13.2 Å². The highest BCUT2D eigenvalue weighted by Gasteiger charge is 2.30. The number of sulfonamides is 1. The third-order valence-electron chi connectivity index (χ3n) is 4.43. The van der Waals surface area contributed by atoms with Crippen molar-refractivity contribution >= 4 is 16.1 Å². The molecule has 10 heteroatoms. The van der Waals surface area contributed by atoms with E-state index in [1.165, 1.54) is 28.6 Å². The van der Waals surface area contributed by atoms with Crippen LogP contribution in [-0.4, -0.2) is 31.8 Å². The molecule has 2 aromatic carbocycles. The number of carbonyl (C=O) groups is 1. The maximum Gasteiger partial charge on any atom is 0.416 e. The van der Waals surface area contributed by atoms with E-state index in [9.17, 15) is 26.4 Å². The molecule has 0 aliphatic rings. The van der Waals surface area contributed by atoms with Crippen LogP contribution >= 0.6 is 0 Å². The summed E-state index contributed by atoms with van der Waals surface area (Å²) in [5, 5.41) is 5.08. The van der Waals surface area contributed by atoms with Crippen LogP contribution in [0.15, 0.2) is 53.4 Å². The lowest BCUT2D eigenvalue weighted by atomic mass is 10.1. The fourth-order valence-electron chi connectivity index (χ4n) is 2.78. The first kappa shape index (κ1) is 23.7. The van der Waals surface area contributed by atoms with Crippen molar-refractivity contribution in [2.45, 2.75) is 38.0 Å². The van der Waals surface area contributed by atoms with Crippen LogP contribution in [0.25, 0.3) is 0 Å². The Bertz CT molecular complexity index is 957. The van der Waals surface area contributed by atoms with E-state index in [4.69, 9.17) is 0 Å².